The zero-order chi connectivity index (χ0) is 36.6. The van der Waals surface area contributed by atoms with Crippen LogP contribution in [0.1, 0.15) is 207 Å². The number of rotatable bonds is 14. The van der Waals surface area contributed by atoms with Gasteiger partial charge in [-0.05, 0) is 89.7 Å². The van der Waals surface area contributed by atoms with Gasteiger partial charge in [-0.2, -0.15) is 0 Å². The molecule has 0 radical (unpaired) electrons. The van der Waals surface area contributed by atoms with Crippen molar-refractivity contribution in [3.05, 3.63) is 0 Å². The lowest BCUT2D eigenvalue weighted by Gasteiger charge is -2.73. The van der Waals surface area contributed by atoms with Gasteiger partial charge in [-0.15, -0.1) is 0 Å². The number of hydrogen-bond donors (Lipinski definition) is 0. The molecule has 266 valence electrons. The van der Waals surface area contributed by atoms with Crippen LogP contribution in [-0.2, 0) is 0 Å². The van der Waals surface area contributed by atoms with Crippen LogP contribution >= 0.6 is 0 Å². The molecule has 0 heterocycles. The van der Waals surface area contributed by atoms with E-state index < -0.39 is 0 Å². The Kier molecular flexibility index (Phi) is 11.9. The summed E-state index contributed by atoms with van der Waals surface area (Å²) in [6, 6.07) is 0. The van der Waals surface area contributed by atoms with E-state index >= 15 is 0 Å². The van der Waals surface area contributed by atoms with E-state index in [4.69, 9.17) is 0 Å². The van der Waals surface area contributed by atoms with Crippen LogP contribution in [0.3, 0.4) is 0 Å². The molecule has 0 aromatic carbocycles. The Balaban J connectivity index is 7.64. The summed E-state index contributed by atoms with van der Waals surface area (Å²) >= 11 is 0. The Bertz CT molecular complexity index is 964. The van der Waals surface area contributed by atoms with Crippen molar-refractivity contribution in [3.63, 3.8) is 0 Å². The highest BCUT2D eigenvalue weighted by Crippen LogP contribution is 2.76. The standard InChI is InChI=1S/C44H90/c1-29-43(27,34(9,10)31(3)4)41(23,24)42(25,26)44(28,30-2)40(21,22)39(19,20)38(17,18)37(15,16)36(13,14)35(11,12)32(5)33(6,7)8/h31-32H,29-30H2,1-28H3. The van der Waals surface area contributed by atoms with Crippen molar-refractivity contribution in [1.29, 1.82) is 0 Å². The third-order valence-corrected chi connectivity index (χ3v) is 20.2. The molecule has 0 amide bonds. The van der Waals surface area contributed by atoms with Gasteiger partial charge >= 0.3 is 0 Å². The average molecular weight is 619 g/mol. The first kappa shape index (κ1) is 44.0. The summed E-state index contributed by atoms with van der Waals surface area (Å²) in [5, 5.41) is 0. The molecule has 0 saturated carbocycles. The minimum atomic E-state index is 0.0239. The topological polar surface area (TPSA) is 0 Å². The van der Waals surface area contributed by atoms with E-state index in [9.17, 15) is 0 Å². The molecular formula is C44H90. The van der Waals surface area contributed by atoms with Crippen LogP contribution in [0, 0.1) is 76.8 Å². The Morgan fingerprint density at radius 2 is 0.568 bits per heavy atom. The van der Waals surface area contributed by atoms with Crippen molar-refractivity contribution in [3.8, 4) is 0 Å². The van der Waals surface area contributed by atoms with Gasteiger partial charge in [0.25, 0.3) is 0 Å². The van der Waals surface area contributed by atoms with Gasteiger partial charge < -0.3 is 0 Å². The van der Waals surface area contributed by atoms with E-state index in [0.717, 1.165) is 6.42 Å². The highest BCUT2D eigenvalue weighted by Gasteiger charge is 2.70. The SMILES string of the molecule is CCC(C)(C(C)(C)C(C)C)C(C)(C)C(C)(C)C(C)(CC)C(C)(C)C(C)(C)C(C)(C)C(C)(C)C(C)(C)C(C)(C)C(C)C(C)(C)C. The monoisotopic (exact) mass is 619 g/mol. The van der Waals surface area contributed by atoms with Crippen molar-refractivity contribution >= 4 is 0 Å². The van der Waals surface area contributed by atoms with Gasteiger partial charge in [-0.1, -0.05) is 194 Å². The van der Waals surface area contributed by atoms with Crippen LogP contribution < -0.4 is 0 Å². The van der Waals surface area contributed by atoms with Gasteiger partial charge in [0, 0.05) is 0 Å². The van der Waals surface area contributed by atoms with E-state index in [-0.39, 0.29) is 65.0 Å². The third kappa shape index (κ3) is 5.43. The fourth-order valence-electron chi connectivity index (χ4n) is 10.8. The Morgan fingerprint density at radius 1 is 0.318 bits per heavy atom. The third-order valence-electron chi connectivity index (χ3n) is 20.2. The van der Waals surface area contributed by atoms with E-state index in [1.54, 1.807) is 0 Å². The minimum absolute atomic E-state index is 0.0239. The average Bonchev–Trinajstić information content (AvgIpc) is 2.84. The van der Waals surface area contributed by atoms with Crippen LogP contribution in [0.15, 0.2) is 0 Å². The molecule has 0 rings (SSSR count). The van der Waals surface area contributed by atoms with Gasteiger partial charge in [-0.25, -0.2) is 0 Å². The Hall–Kier alpha value is 0. The summed E-state index contributed by atoms with van der Waals surface area (Å²) in [4.78, 5) is 0. The molecule has 0 fully saturated rings. The van der Waals surface area contributed by atoms with Crippen LogP contribution in [0.2, 0.25) is 0 Å². The molecule has 0 aromatic rings. The quantitative estimate of drug-likeness (QED) is 0.182. The second-order valence-corrected chi connectivity index (χ2v) is 22.4. The van der Waals surface area contributed by atoms with Crippen LogP contribution in [0.4, 0.5) is 0 Å². The first-order chi connectivity index (χ1) is 18.7. The molecule has 0 nitrogen and oxygen atoms in total. The molecule has 0 heteroatoms. The van der Waals surface area contributed by atoms with Crippen LogP contribution in [-0.4, -0.2) is 0 Å². The summed E-state index contributed by atoms with van der Waals surface area (Å²) in [6.07, 6.45) is 2.35. The van der Waals surface area contributed by atoms with E-state index in [1.165, 1.54) is 6.42 Å². The fourth-order valence-corrected chi connectivity index (χ4v) is 10.8. The van der Waals surface area contributed by atoms with Crippen molar-refractivity contribution in [2.45, 2.75) is 207 Å². The highest BCUT2D eigenvalue weighted by atomic mass is 14.7. The predicted octanol–water partition coefficient (Wildman–Crippen LogP) is 15.4. The van der Waals surface area contributed by atoms with Crippen molar-refractivity contribution in [2.75, 3.05) is 0 Å². The van der Waals surface area contributed by atoms with Crippen molar-refractivity contribution < 1.29 is 0 Å². The zero-order valence-electron chi connectivity index (χ0n) is 36.6. The normalized spacial score (nSPS) is 19.6. The Labute approximate surface area is 282 Å². The molecule has 3 unspecified atom stereocenters. The summed E-state index contributed by atoms with van der Waals surface area (Å²) in [5.74, 6) is 1.19. The summed E-state index contributed by atoms with van der Waals surface area (Å²) in [7, 11) is 0. The highest BCUT2D eigenvalue weighted by molar-refractivity contribution is 5.18. The van der Waals surface area contributed by atoms with Crippen LogP contribution in [0.25, 0.3) is 0 Å². The predicted molar refractivity (Wildman–Crippen MR) is 204 cm³/mol. The lowest BCUT2D eigenvalue weighted by molar-refractivity contribution is -0.253. The molecule has 0 bridgehead atoms. The smallest absolute Gasteiger partial charge is 0.0215 e. The molecule has 0 aromatic heterocycles. The van der Waals surface area contributed by atoms with Gasteiger partial charge in [0.05, 0.1) is 0 Å². The van der Waals surface area contributed by atoms with Crippen LogP contribution in [0.5, 0.6) is 0 Å². The molecular weight excluding hydrogens is 528 g/mol. The second kappa shape index (κ2) is 11.9. The fraction of sp³-hybridized carbons (Fsp3) is 1.00. The van der Waals surface area contributed by atoms with Crippen molar-refractivity contribution in [1.82, 2.24) is 0 Å². The molecule has 0 aliphatic rings. The molecule has 0 aliphatic heterocycles. The van der Waals surface area contributed by atoms with Gasteiger partial charge in [0.1, 0.15) is 0 Å². The van der Waals surface area contributed by atoms with E-state index in [2.05, 4.69) is 194 Å². The minimum Gasteiger partial charge on any atom is -0.0648 e. The van der Waals surface area contributed by atoms with E-state index in [0.29, 0.717) is 11.8 Å². The lowest BCUT2D eigenvalue weighted by Crippen LogP contribution is -2.67. The summed E-state index contributed by atoms with van der Waals surface area (Å²) in [6.45, 7) is 71.9. The van der Waals surface area contributed by atoms with Gasteiger partial charge in [0.15, 0.2) is 0 Å². The van der Waals surface area contributed by atoms with Gasteiger partial charge in [-0.3, -0.25) is 0 Å². The summed E-state index contributed by atoms with van der Waals surface area (Å²) in [5.41, 5.74) is 1.21. The first-order valence-electron chi connectivity index (χ1n) is 18.7. The molecule has 0 spiro atoms. The lowest BCUT2D eigenvalue weighted by atomic mass is 9.31. The molecule has 3 atom stereocenters. The molecule has 44 heavy (non-hydrogen) atoms. The first-order valence-corrected chi connectivity index (χ1v) is 18.7. The molecule has 0 saturated heterocycles. The number of hydrogen-bond acceptors (Lipinski definition) is 0. The second-order valence-electron chi connectivity index (χ2n) is 22.4. The van der Waals surface area contributed by atoms with E-state index in [1.807, 2.05) is 0 Å². The maximum Gasteiger partial charge on any atom is -0.0215 e. The van der Waals surface area contributed by atoms with Gasteiger partial charge in [0.2, 0.25) is 0 Å². The summed E-state index contributed by atoms with van der Waals surface area (Å²) < 4.78 is 0. The largest absolute Gasteiger partial charge is 0.0648 e. The maximum atomic E-state index is 2.68. The zero-order valence-corrected chi connectivity index (χ0v) is 36.6. The molecule has 0 aliphatic carbocycles. The molecule has 0 N–H and O–H groups in total. The Morgan fingerprint density at radius 3 is 0.841 bits per heavy atom. The van der Waals surface area contributed by atoms with Crippen molar-refractivity contribution in [2.24, 2.45) is 76.8 Å². The maximum absolute atomic E-state index is 2.68.